The molecule has 0 radical (unpaired) electrons. The van der Waals surface area contributed by atoms with E-state index in [0.717, 1.165) is 19.4 Å². The van der Waals surface area contributed by atoms with Crippen molar-refractivity contribution >= 4 is 19.6 Å². The summed E-state index contributed by atoms with van der Waals surface area (Å²) in [7, 11) is 1.77. The Bertz CT molecular complexity index is 698. The third kappa shape index (κ3) is 30.4. The molecule has 0 aliphatic carbocycles. The number of nitrogens with zero attached hydrogens (tertiary/aromatic N) is 1. The summed E-state index contributed by atoms with van der Waals surface area (Å²) < 4.78 is 33.9. The van der Waals surface area contributed by atoms with Crippen LogP contribution in [-0.4, -0.2) is 81.3 Å². The summed E-state index contributed by atoms with van der Waals surface area (Å²) in [5, 5.41) is 0. The minimum Gasteiger partial charge on any atom is -0.457 e. The Morgan fingerprint density at radius 2 is 1.20 bits per heavy atom. The number of quaternary nitrogens is 1. The van der Waals surface area contributed by atoms with E-state index < -0.39 is 19.9 Å². The highest BCUT2D eigenvalue weighted by Crippen LogP contribution is 2.43. The van der Waals surface area contributed by atoms with Crippen LogP contribution in [0.4, 0.5) is 0 Å². The van der Waals surface area contributed by atoms with Crippen molar-refractivity contribution in [3.63, 3.8) is 0 Å². The fraction of sp³-hybridized carbons (Fsp3) is 0.935. The number of hydrogen-bond donors (Lipinski definition) is 1. The molecule has 0 bridgehead atoms. The van der Waals surface area contributed by atoms with Crippen LogP contribution in [0.1, 0.15) is 129 Å². The molecule has 0 aromatic heterocycles. The van der Waals surface area contributed by atoms with E-state index in [1.165, 1.54) is 96.8 Å². The third-order valence-corrected chi connectivity index (χ3v) is 7.77. The Hall–Kier alpha value is -0.830. The van der Waals surface area contributed by atoms with Gasteiger partial charge in [-0.2, -0.15) is 0 Å². The Balaban J connectivity index is 4.00. The standard InChI is InChI=1S/C31H62NO8P/c1-6-7-8-9-10-11-12-13-14-15-16-17-18-19-20-21-24-37-27-30(40-31(34)26-29(2)33)28-39-41(35,36)38-25-22-23-32(3,4)5/h30H,6-28H2,1-5H3/p+1. The van der Waals surface area contributed by atoms with Gasteiger partial charge >= 0.3 is 13.8 Å². The minimum atomic E-state index is -4.30. The number of carbonyl (C=O) groups excluding carboxylic acids is 2. The number of phosphoric acid groups is 1. The fourth-order valence-corrected chi connectivity index (χ4v) is 5.24. The first-order valence-corrected chi connectivity index (χ1v) is 17.6. The first-order valence-electron chi connectivity index (χ1n) is 16.1. The smallest absolute Gasteiger partial charge is 0.457 e. The second-order valence-electron chi connectivity index (χ2n) is 12.3. The average Bonchev–Trinajstić information content (AvgIpc) is 2.88. The fourth-order valence-electron chi connectivity index (χ4n) is 4.45. The maximum absolute atomic E-state index is 12.2. The van der Waals surface area contributed by atoms with Crippen LogP contribution in [-0.2, 0) is 32.7 Å². The number of ketones is 1. The number of rotatable bonds is 30. The van der Waals surface area contributed by atoms with Crippen molar-refractivity contribution in [3.05, 3.63) is 0 Å². The van der Waals surface area contributed by atoms with Crippen molar-refractivity contribution in [1.82, 2.24) is 0 Å². The van der Waals surface area contributed by atoms with Gasteiger partial charge in [0.15, 0.2) is 0 Å². The van der Waals surface area contributed by atoms with Crippen LogP contribution in [0.25, 0.3) is 0 Å². The number of carbonyl (C=O) groups is 2. The molecule has 1 N–H and O–H groups in total. The molecule has 0 saturated carbocycles. The number of phosphoric ester groups is 1. The van der Waals surface area contributed by atoms with Crippen LogP contribution in [0.2, 0.25) is 0 Å². The Morgan fingerprint density at radius 1 is 0.707 bits per heavy atom. The van der Waals surface area contributed by atoms with Gasteiger partial charge in [-0.05, 0) is 13.3 Å². The van der Waals surface area contributed by atoms with E-state index in [0.29, 0.717) is 17.5 Å². The summed E-state index contributed by atoms with van der Waals surface area (Å²) in [6.07, 6.45) is 20.0. The van der Waals surface area contributed by atoms with E-state index in [1.807, 2.05) is 21.1 Å². The van der Waals surface area contributed by atoms with E-state index in [-0.39, 0.29) is 32.0 Å². The molecule has 10 heteroatoms. The van der Waals surface area contributed by atoms with Crippen LogP contribution in [0.15, 0.2) is 0 Å². The van der Waals surface area contributed by atoms with Crippen LogP contribution in [0.3, 0.4) is 0 Å². The molecule has 0 aliphatic rings. The molecular formula is C31H63NO8P+. The second-order valence-corrected chi connectivity index (χ2v) is 13.8. The zero-order chi connectivity index (χ0) is 30.8. The molecule has 0 rings (SSSR count). The van der Waals surface area contributed by atoms with Gasteiger partial charge in [-0.3, -0.25) is 18.6 Å². The molecule has 0 heterocycles. The number of unbranched alkanes of at least 4 members (excludes halogenated alkanes) is 15. The molecule has 0 saturated heterocycles. The molecule has 2 atom stereocenters. The lowest BCUT2D eigenvalue weighted by molar-refractivity contribution is -0.870. The van der Waals surface area contributed by atoms with Gasteiger partial charge in [0.05, 0.1) is 47.5 Å². The quantitative estimate of drug-likeness (QED) is 0.0296. The molecule has 9 nitrogen and oxygen atoms in total. The van der Waals surface area contributed by atoms with Crippen molar-refractivity contribution in [2.75, 3.05) is 54.1 Å². The molecule has 2 unspecified atom stereocenters. The van der Waals surface area contributed by atoms with Crippen molar-refractivity contribution in [3.8, 4) is 0 Å². The van der Waals surface area contributed by atoms with E-state index in [2.05, 4.69) is 6.92 Å². The molecule has 0 amide bonds. The number of hydrogen-bond acceptors (Lipinski definition) is 7. The predicted octanol–water partition coefficient (Wildman–Crippen LogP) is 7.39. The lowest BCUT2D eigenvalue weighted by Gasteiger charge is -2.24. The number of ether oxygens (including phenoxy) is 2. The summed E-state index contributed by atoms with van der Waals surface area (Å²) in [4.78, 5) is 33.2. The van der Waals surface area contributed by atoms with Crippen LogP contribution < -0.4 is 0 Å². The summed E-state index contributed by atoms with van der Waals surface area (Å²) in [5.74, 6) is -1.04. The lowest BCUT2D eigenvalue weighted by Crippen LogP contribution is -2.35. The SMILES string of the molecule is CCCCCCCCCCCCCCCCCCOCC(COP(=O)(O)OCCC[N+](C)(C)C)OC(=O)CC(C)=O. The first kappa shape index (κ1) is 40.2. The number of Topliss-reactive ketones (excluding diaryl/α,β-unsaturated/α-hetero) is 1. The van der Waals surface area contributed by atoms with Gasteiger partial charge in [-0.1, -0.05) is 103 Å². The maximum atomic E-state index is 12.2. The maximum Gasteiger partial charge on any atom is 0.472 e. The summed E-state index contributed by atoms with van der Waals surface area (Å²) in [6, 6.07) is 0. The molecule has 0 spiro atoms. The monoisotopic (exact) mass is 608 g/mol. The molecule has 0 aromatic carbocycles. The number of esters is 1. The van der Waals surface area contributed by atoms with Crippen molar-refractivity contribution in [2.24, 2.45) is 0 Å². The highest BCUT2D eigenvalue weighted by atomic mass is 31.2. The Labute approximate surface area is 251 Å². The highest BCUT2D eigenvalue weighted by Gasteiger charge is 2.26. The van der Waals surface area contributed by atoms with Gasteiger partial charge in [0.1, 0.15) is 18.3 Å². The van der Waals surface area contributed by atoms with Crippen molar-refractivity contribution in [2.45, 2.75) is 136 Å². The largest absolute Gasteiger partial charge is 0.472 e. The van der Waals surface area contributed by atoms with E-state index in [9.17, 15) is 19.0 Å². The minimum absolute atomic E-state index is 0.0177. The highest BCUT2D eigenvalue weighted by molar-refractivity contribution is 7.47. The lowest BCUT2D eigenvalue weighted by atomic mass is 10.0. The van der Waals surface area contributed by atoms with Gasteiger partial charge < -0.3 is 18.9 Å². The predicted molar refractivity (Wildman–Crippen MR) is 165 cm³/mol. The summed E-state index contributed by atoms with van der Waals surface area (Å²) >= 11 is 0. The summed E-state index contributed by atoms with van der Waals surface area (Å²) in [5.41, 5.74) is 0. The van der Waals surface area contributed by atoms with E-state index in [4.69, 9.17) is 18.5 Å². The molecule has 0 aliphatic heterocycles. The van der Waals surface area contributed by atoms with Gasteiger partial charge in [-0.25, -0.2) is 4.57 Å². The van der Waals surface area contributed by atoms with Crippen LogP contribution >= 0.6 is 7.82 Å². The van der Waals surface area contributed by atoms with Crippen molar-refractivity contribution in [1.29, 1.82) is 0 Å². The Morgan fingerprint density at radius 3 is 1.66 bits per heavy atom. The van der Waals surface area contributed by atoms with Crippen LogP contribution in [0, 0.1) is 0 Å². The zero-order valence-corrected chi connectivity index (χ0v) is 27.9. The van der Waals surface area contributed by atoms with Gasteiger partial charge in [0.25, 0.3) is 0 Å². The summed E-state index contributed by atoms with van der Waals surface area (Å²) in [6.45, 7) is 4.57. The van der Waals surface area contributed by atoms with Crippen LogP contribution in [0.5, 0.6) is 0 Å². The topological polar surface area (TPSA) is 108 Å². The second kappa shape index (κ2) is 25.6. The van der Waals surface area contributed by atoms with E-state index in [1.54, 1.807) is 0 Å². The third-order valence-electron chi connectivity index (χ3n) is 6.79. The zero-order valence-electron chi connectivity index (χ0n) is 27.0. The molecule has 41 heavy (non-hydrogen) atoms. The van der Waals surface area contributed by atoms with Gasteiger partial charge in [0.2, 0.25) is 0 Å². The van der Waals surface area contributed by atoms with E-state index >= 15 is 0 Å². The molecule has 0 fully saturated rings. The molecule has 244 valence electrons. The Kier molecular flexibility index (Phi) is 25.1. The molecular weight excluding hydrogens is 545 g/mol. The molecule has 0 aromatic rings. The van der Waals surface area contributed by atoms with Gasteiger partial charge in [-0.15, -0.1) is 0 Å². The van der Waals surface area contributed by atoms with Crippen molar-refractivity contribution < 1.29 is 42.1 Å². The van der Waals surface area contributed by atoms with Gasteiger partial charge in [0, 0.05) is 13.0 Å². The average molecular weight is 609 g/mol. The first-order chi connectivity index (χ1) is 19.4. The normalized spacial score (nSPS) is 14.1.